The Bertz CT molecular complexity index is 446. The lowest BCUT2D eigenvalue weighted by Gasteiger charge is -2.14. The third-order valence-electron chi connectivity index (χ3n) is 2.97. The van der Waals surface area contributed by atoms with Crippen LogP contribution in [0.25, 0.3) is 0 Å². The summed E-state index contributed by atoms with van der Waals surface area (Å²) in [5.74, 6) is -0.419. The van der Waals surface area contributed by atoms with E-state index in [2.05, 4.69) is 10.6 Å². The number of carbonyl (C=O) groups is 1. The molecule has 3 nitrogen and oxygen atoms in total. The fourth-order valence-electron chi connectivity index (χ4n) is 1.82. The summed E-state index contributed by atoms with van der Waals surface area (Å²) in [7, 11) is 1.78. The van der Waals surface area contributed by atoms with Crippen molar-refractivity contribution >= 4 is 5.91 Å². The molecule has 112 valence electrons. The summed E-state index contributed by atoms with van der Waals surface area (Å²) in [6.07, 6.45) is -4.18. The fourth-order valence-corrected chi connectivity index (χ4v) is 1.82. The normalized spacial score (nSPS) is 13.1. The maximum absolute atomic E-state index is 12.6. The van der Waals surface area contributed by atoms with Gasteiger partial charge in [0.15, 0.2) is 0 Å². The molecule has 1 atom stereocenters. The molecular formula is C14H19F3N2O. The molecule has 0 aromatic heterocycles. The van der Waals surface area contributed by atoms with Crippen LogP contribution in [0.2, 0.25) is 0 Å². The van der Waals surface area contributed by atoms with E-state index in [1.807, 2.05) is 0 Å². The Balaban J connectivity index is 2.63. The van der Waals surface area contributed by atoms with Crippen molar-refractivity contribution in [1.29, 1.82) is 0 Å². The predicted octanol–water partition coefficient (Wildman–Crippen LogP) is 2.53. The highest BCUT2D eigenvalue weighted by Gasteiger charge is 2.30. The second-order valence-corrected chi connectivity index (χ2v) is 4.68. The van der Waals surface area contributed by atoms with Gasteiger partial charge < -0.3 is 10.6 Å². The summed E-state index contributed by atoms with van der Waals surface area (Å²) in [6, 6.07) is 5.11. The lowest BCUT2D eigenvalue weighted by Crippen LogP contribution is -2.31. The van der Waals surface area contributed by atoms with Crippen molar-refractivity contribution in [3.05, 3.63) is 35.4 Å². The average Bonchev–Trinajstić information content (AvgIpc) is 2.38. The van der Waals surface area contributed by atoms with Gasteiger partial charge in [-0.2, -0.15) is 13.2 Å². The minimum absolute atomic E-state index is 0.162. The number of halogens is 3. The largest absolute Gasteiger partial charge is 0.416 e. The van der Waals surface area contributed by atoms with Gasteiger partial charge in [-0.05, 0) is 24.6 Å². The van der Waals surface area contributed by atoms with E-state index in [9.17, 15) is 18.0 Å². The number of carbonyl (C=O) groups excluding carboxylic acids is 1. The second kappa shape index (κ2) is 7.28. The minimum Gasteiger partial charge on any atom is -0.355 e. The van der Waals surface area contributed by atoms with Crippen LogP contribution in [0.1, 0.15) is 30.4 Å². The van der Waals surface area contributed by atoms with Crippen LogP contribution in [0.15, 0.2) is 24.3 Å². The molecule has 0 saturated heterocycles. The number of benzene rings is 1. The van der Waals surface area contributed by atoms with Gasteiger partial charge in [0.25, 0.3) is 0 Å². The highest BCUT2D eigenvalue weighted by molar-refractivity contribution is 5.76. The minimum atomic E-state index is -4.36. The van der Waals surface area contributed by atoms with Gasteiger partial charge in [0.05, 0.1) is 5.56 Å². The molecule has 1 unspecified atom stereocenters. The zero-order valence-corrected chi connectivity index (χ0v) is 11.6. The smallest absolute Gasteiger partial charge is 0.355 e. The Kier molecular flexibility index (Phi) is 6.01. The zero-order valence-electron chi connectivity index (χ0n) is 11.6. The Morgan fingerprint density at radius 2 is 2.00 bits per heavy atom. The molecule has 1 aromatic rings. The summed E-state index contributed by atoms with van der Waals surface area (Å²) < 4.78 is 37.8. The van der Waals surface area contributed by atoms with Crippen molar-refractivity contribution in [1.82, 2.24) is 10.6 Å². The first-order valence-corrected chi connectivity index (χ1v) is 6.43. The standard InChI is InChI=1S/C14H19F3N2O/c1-10(8-13(20)19-7-6-18-2)11-4-3-5-12(9-11)14(15,16)17/h3-5,9-10,18H,6-8H2,1-2H3,(H,19,20). The van der Waals surface area contributed by atoms with Crippen molar-refractivity contribution < 1.29 is 18.0 Å². The zero-order chi connectivity index (χ0) is 15.2. The number of hydrogen-bond donors (Lipinski definition) is 2. The highest BCUT2D eigenvalue weighted by Crippen LogP contribution is 2.31. The molecule has 0 saturated carbocycles. The first-order chi connectivity index (χ1) is 9.34. The van der Waals surface area contributed by atoms with Crippen molar-refractivity contribution in [3.63, 3.8) is 0 Å². The molecule has 1 amide bonds. The maximum atomic E-state index is 12.6. The third kappa shape index (κ3) is 5.21. The van der Waals surface area contributed by atoms with Crippen LogP contribution in [-0.4, -0.2) is 26.0 Å². The monoisotopic (exact) mass is 288 g/mol. The van der Waals surface area contributed by atoms with Crippen LogP contribution < -0.4 is 10.6 Å². The number of nitrogens with one attached hydrogen (secondary N) is 2. The number of likely N-dealkylation sites (N-methyl/N-ethyl adjacent to an activating group) is 1. The van der Waals surface area contributed by atoms with E-state index in [4.69, 9.17) is 0 Å². The van der Waals surface area contributed by atoms with E-state index in [0.717, 1.165) is 12.1 Å². The van der Waals surface area contributed by atoms with Gasteiger partial charge >= 0.3 is 6.18 Å². The average molecular weight is 288 g/mol. The molecule has 0 aliphatic heterocycles. The van der Waals surface area contributed by atoms with Crippen molar-refractivity contribution in [2.45, 2.75) is 25.4 Å². The first-order valence-electron chi connectivity index (χ1n) is 6.43. The predicted molar refractivity (Wildman–Crippen MR) is 71.4 cm³/mol. The quantitative estimate of drug-likeness (QED) is 0.790. The van der Waals surface area contributed by atoms with Gasteiger partial charge in [-0.25, -0.2) is 0 Å². The van der Waals surface area contributed by atoms with E-state index in [1.165, 1.54) is 6.07 Å². The van der Waals surface area contributed by atoms with Gasteiger partial charge in [0, 0.05) is 19.5 Å². The van der Waals surface area contributed by atoms with E-state index < -0.39 is 11.7 Å². The first kappa shape index (κ1) is 16.5. The van der Waals surface area contributed by atoms with Gasteiger partial charge in [-0.1, -0.05) is 25.1 Å². The second-order valence-electron chi connectivity index (χ2n) is 4.68. The summed E-state index contributed by atoms with van der Waals surface area (Å²) in [5, 5.41) is 5.60. The summed E-state index contributed by atoms with van der Waals surface area (Å²) >= 11 is 0. The lowest BCUT2D eigenvalue weighted by atomic mass is 9.95. The molecular weight excluding hydrogens is 269 g/mol. The van der Waals surface area contributed by atoms with Crippen molar-refractivity contribution in [2.75, 3.05) is 20.1 Å². The van der Waals surface area contributed by atoms with Gasteiger partial charge in [0.2, 0.25) is 5.91 Å². The van der Waals surface area contributed by atoms with Crippen molar-refractivity contribution in [3.8, 4) is 0 Å². The number of rotatable bonds is 6. The van der Waals surface area contributed by atoms with E-state index in [1.54, 1.807) is 20.0 Å². The molecule has 6 heteroatoms. The van der Waals surface area contributed by atoms with E-state index in [0.29, 0.717) is 18.7 Å². The maximum Gasteiger partial charge on any atom is 0.416 e. The molecule has 1 rings (SSSR count). The van der Waals surface area contributed by atoms with Crippen LogP contribution in [0, 0.1) is 0 Å². The molecule has 1 aromatic carbocycles. The van der Waals surface area contributed by atoms with Gasteiger partial charge in [-0.3, -0.25) is 4.79 Å². The van der Waals surface area contributed by atoms with Gasteiger partial charge in [-0.15, -0.1) is 0 Å². The molecule has 0 spiro atoms. The fraction of sp³-hybridized carbons (Fsp3) is 0.500. The molecule has 20 heavy (non-hydrogen) atoms. The Morgan fingerprint density at radius 1 is 1.30 bits per heavy atom. The summed E-state index contributed by atoms with van der Waals surface area (Å²) in [5.41, 5.74) is -0.166. The molecule has 0 fully saturated rings. The van der Waals surface area contributed by atoms with Crippen LogP contribution in [0.5, 0.6) is 0 Å². The Hall–Kier alpha value is -1.56. The van der Waals surface area contributed by atoms with E-state index in [-0.39, 0.29) is 18.2 Å². The Labute approximate surface area is 116 Å². The molecule has 0 aliphatic carbocycles. The number of amides is 1. The highest BCUT2D eigenvalue weighted by atomic mass is 19.4. The third-order valence-corrected chi connectivity index (χ3v) is 2.97. The Morgan fingerprint density at radius 3 is 2.60 bits per heavy atom. The van der Waals surface area contributed by atoms with Crippen LogP contribution in [-0.2, 0) is 11.0 Å². The molecule has 0 aliphatic rings. The molecule has 2 N–H and O–H groups in total. The van der Waals surface area contributed by atoms with Crippen molar-refractivity contribution in [2.24, 2.45) is 0 Å². The molecule has 0 bridgehead atoms. The summed E-state index contributed by atoms with van der Waals surface area (Å²) in [4.78, 5) is 11.6. The lowest BCUT2D eigenvalue weighted by molar-refractivity contribution is -0.137. The SMILES string of the molecule is CNCCNC(=O)CC(C)c1cccc(C(F)(F)F)c1. The van der Waals surface area contributed by atoms with Crippen LogP contribution in [0.4, 0.5) is 13.2 Å². The topological polar surface area (TPSA) is 41.1 Å². The number of alkyl halides is 3. The molecule has 0 radical (unpaired) electrons. The van der Waals surface area contributed by atoms with Crippen LogP contribution in [0.3, 0.4) is 0 Å². The molecule has 0 heterocycles. The van der Waals surface area contributed by atoms with E-state index >= 15 is 0 Å². The van der Waals surface area contributed by atoms with Gasteiger partial charge in [0.1, 0.15) is 0 Å². The van der Waals surface area contributed by atoms with Crippen LogP contribution >= 0.6 is 0 Å². The summed E-state index contributed by atoms with van der Waals surface area (Å²) in [6.45, 7) is 2.90. The number of hydrogen-bond acceptors (Lipinski definition) is 2.